The van der Waals surface area contributed by atoms with Crippen molar-refractivity contribution in [3.63, 3.8) is 0 Å². The number of amides is 1. The van der Waals surface area contributed by atoms with Crippen LogP contribution in [0.1, 0.15) is 17.8 Å². The molecule has 0 aliphatic rings. The number of fused-ring (bicyclic) bond motifs is 1. The summed E-state index contributed by atoms with van der Waals surface area (Å²) in [6.45, 7) is 2.09. The lowest BCUT2D eigenvalue weighted by atomic mass is 10.2. The van der Waals surface area contributed by atoms with E-state index >= 15 is 0 Å². The van der Waals surface area contributed by atoms with Crippen molar-refractivity contribution in [3.8, 4) is 0 Å². The van der Waals surface area contributed by atoms with Gasteiger partial charge in [-0.3, -0.25) is 4.79 Å². The molecule has 1 amide bonds. The molecule has 2 aromatic heterocycles. The molecule has 0 fully saturated rings. The van der Waals surface area contributed by atoms with Crippen LogP contribution in [-0.4, -0.2) is 42.3 Å². The Morgan fingerprint density at radius 2 is 2.00 bits per heavy atom. The topological polar surface area (TPSA) is 84.3 Å². The van der Waals surface area contributed by atoms with Gasteiger partial charge >= 0.3 is 0 Å². The third-order valence-electron chi connectivity index (χ3n) is 4.09. The predicted octanol–water partition coefficient (Wildman–Crippen LogP) is 2.23. The summed E-state index contributed by atoms with van der Waals surface area (Å²) >= 11 is 1.16. The molecule has 138 valence electrons. The van der Waals surface area contributed by atoms with Crippen LogP contribution in [-0.2, 0) is 21.4 Å². The molecule has 0 aliphatic heterocycles. The van der Waals surface area contributed by atoms with E-state index in [2.05, 4.69) is 10.3 Å². The Bertz CT molecular complexity index is 1040. The van der Waals surface area contributed by atoms with Gasteiger partial charge in [0.15, 0.2) is 0 Å². The van der Waals surface area contributed by atoms with E-state index in [1.54, 1.807) is 25.4 Å². The fourth-order valence-corrected chi connectivity index (χ4v) is 4.97. The number of imidazole rings is 1. The summed E-state index contributed by atoms with van der Waals surface area (Å²) in [5.41, 5.74) is 1.73. The molecule has 9 heteroatoms. The van der Waals surface area contributed by atoms with Gasteiger partial charge in [-0.05, 0) is 31.2 Å². The number of hydrogen-bond donors (Lipinski definition) is 1. The minimum absolute atomic E-state index is 0.154. The lowest BCUT2D eigenvalue weighted by Gasteiger charge is -2.14. The number of benzene rings is 1. The number of nitrogens with one attached hydrogen (secondary N) is 1. The molecule has 0 saturated carbocycles. The van der Waals surface area contributed by atoms with Crippen LogP contribution in [0.2, 0.25) is 0 Å². The Hall–Kier alpha value is -2.23. The molecule has 0 aliphatic carbocycles. The molecule has 0 unspecified atom stereocenters. The lowest BCUT2D eigenvalue weighted by Crippen LogP contribution is -2.30. The highest BCUT2D eigenvalue weighted by atomic mass is 32.2. The fraction of sp³-hybridized carbons (Fsp3) is 0.294. The molecule has 3 aromatic rings. The first-order valence-corrected chi connectivity index (χ1v) is 10.3. The number of para-hydroxylation sites is 2. The van der Waals surface area contributed by atoms with Gasteiger partial charge in [0.2, 0.25) is 5.91 Å². The molecule has 0 bridgehead atoms. The van der Waals surface area contributed by atoms with Gasteiger partial charge < -0.3 is 9.88 Å². The Balaban J connectivity index is 1.68. The molecule has 3 rings (SSSR count). The SMILES string of the molecule is C[C@@H](C(=O)NCc1ccc(S(=O)(=O)N(C)C)s1)n1cnc2ccccc21. The first kappa shape index (κ1) is 18.6. The van der Waals surface area contributed by atoms with Gasteiger partial charge in [0, 0.05) is 19.0 Å². The molecule has 1 aromatic carbocycles. The van der Waals surface area contributed by atoms with Gasteiger partial charge in [0.05, 0.1) is 23.9 Å². The highest BCUT2D eigenvalue weighted by Crippen LogP contribution is 2.24. The molecule has 7 nitrogen and oxygen atoms in total. The second-order valence-corrected chi connectivity index (χ2v) is 9.59. The minimum Gasteiger partial charge on any atom is -0.349 e. The Kier molecular flexibility index (Phi) is 5.12. The Morgan fingerprint density at radius 1 is 1.27 bits per heavy atom. The van der Waals surface area contributed by atoms with E-state index in [0.29, 0.717) is 0 Å². The van der Waals surface area contributed by atoms with E-state index in [4.69, 9.17) is 0 Å². The zero-order valence-corrected chi connectivity index (χ0v) is 16.3. The molecule has 0 spiro atoms. The number of thiophene rings is 1. The van der Waals surface area contributed by atoms with Crippen molar-refractivity contribution in [1.29, 1.82) is 0 Å². The Morgan fingerprint density at radius 3 is 2.73 bits per heavy atom. The molecular formula is C17H20N4O3S2. The maximum atomic E-state index is 12.5. The van der Waals surface area contributed by atoms with E-state index in [9.17, 15) is 13.2 Å². The monoisotopic (exact) mass is 392 g/mol. The van der Waals surface area contributed by atoms with Crippen molar-refractivity contribution >= 4 is 38.3 Å². The fourth-order valence-electron chi connectivity index (χ4n) is 2.51. The number of carbonyl (C=O) groups is 1. The molecule has 2 heterocycles. The molecule has 0 radical (unpaired) electrons. The van der Waals surface area contributed by atoms with Gasteiger partial charge in [-0.25, -0.2) is 17.7 Å². The molecule has 26 heavy (non-hydrogen) atoms. The average molecular weight is 393 g/mol. The quantitative estimate of drug-likeness (QED) is 0.697. The number of carbonyl (C=O) groups excluding carboxylic acids is 1. The lowest BCUT2D eigenvalue weighted by molar-refractivity contribution is -0.123. The first-order chi connectivity index (χ1) is 12.3. The van der Waals surface area contributed by atoms with Gasteiger partial charge in [-0.15, -0.1) is 11.3 Å². The number of aromatic nitrogens is 2. The third kappa shape index (κ3) is 3.50. The van der Waals surface area contributed by atoms with Gasteiger partial charge in [-0.1, -0.05) is 12.1 Å². The van der Waals surface area contributed by atoms with Crippen LogP contribution in [0.25, 0.3) is 11.0 Å². The molecule has 0 saturated heterocycles. The van der Waals surface area contributed by atoms with Gasteiger partial charge in [0.25, 0.3) is 10.0 Å². The van der Waals surface area contributed by atoms with Crippen molar-refractivity contribution in [2.24, 2.45) is 0 Å². The van der Waals surface area contributed by atoms with Crippen LogP contribution in [0.15, 0.2) is 46.9 Å². The van der Waals surface area contributed by atoms with Gasteiger partial charge in [-0.2, -0.15) is 0 Å². The first-order valence-electron chi connectivity index (χ1n) is 8.01. The van der Waals surface area contributed by atoms with Crippen molar-refractivity contribution in [2.75, 3.05) is 14.1 Å². The largest absolute Gasteiger partial charge is 0.349 e. The van der Waals surface area contributed by atoms with Crippen LogP contribution in [0.5, 0.6) is 0 Å². The highest BCUT2D eigenvalue weighted by molar-refractivity contribution is 7.91. The van der Waals surface area contributed by atoms with Gasteiger partial charge in [0.1, 0.15) is 10.3 Å². The van der Waals surface area contributed by atoms with E-state index in [0.717, 1.165) is 27.2 Å². The highest BCUT2D eigenvalue weighted by Gasteiger charge is 2.20. The zero-order valence-electron chi connectivity index (χ0n) is 14.7. The summed E-state index contributed by atoms with van der Waals surface area (Å²) in [5, 5.41) is 2.86. The van der Waals surface area contributed by atoms with Crippen LogP contribution in [0, 0.1) is 0 Å². The normalized spacial score (nSPS) is 13.2. The summed E-state index contributed by atoms with van der Waals surface area (Å²) < 4.78 is 27.5. The standard InChI is InChI=1S/C17H20N4O3S2/c1-12(21-11-19-14-6-4-5-7-15(14)21)17(22)18-10-13-8-9-16(25-13)26(23,24)20(2)3/h4-9,11-12H,10H2,1-3H3,(H,18,22)/t12-/m0/s1. The summed E-state index contributed by atoms with van der Waals surface area (Å²) in [4.78, 5) is 17.6. The van der Waals surface area contributed by atoms with E-state index in [1.807, 2.05) is 28.8 Å². The second-order valence-electron chi connectivity index (χ2n) is 6.04. The summed E-state index contributed by atoms with van der Waals surface area (Å²) in [7, 11) is -0.457. The van der Waals surface area contributed by atoms with Crippen molar-refractivity contribution < 1.29 is 13.2 Å². The summed E-state index contributed by atoms with van der Waals surface area (Å²) in [6, 6.07) is 10.5. The van der Waals surface area contributed by atoms with Crippen molar-refractivity contribution in [1.82, 2.24) is 19.2 Å². The minimum atomic E-state index is -3.44. The van der Waals surface area contributed by atoms with Crippen LogP contribution < -0.4 is 5.32 Å². The van der Waals surface area contributed by atoms with Crippen molar-refractivity contribution in [2.45, 2.75) is 23.7 Å². The number of sulfonamides is 1. The third-order valence-corrected chi connectivity index (χ3v) is 7.45. The summed E-state index contributed by atoms with van der Waals surface area (Å²) in [5.74, 6) is -0.154. The van der Waals surface area contributed by atoms with E-state index < -0.39 is 16.1 Å². The second kappa shape index (κ2) is 7.18. The molecular weight excluding hydrogens is 372 g/mol. The molecule has 1 atom stereocenters. The zero-order chi connectivity index (χ0) is 18.9. The average Bonchev–Trinajstić information content (AvgIpc) is 3.26. The smallest absolute Gasteiger partial charge is 0.252 e. The van der Waals surface area contributed by atoms with Crippen LogP contribution >= 0.6 is 11.3 Å². The number of nitrogens with zero attached hydrogens (tertiary/aromatic N) is 3. The predicted molar refractivity (Wildman–Crippen MR) is 101 cm³/mol. The maximum Gasteiger partial charge on any atom is 0.252 e. The van der Waals surface area contributed by atoms with Crippen LogP contribution in [0.3, 0.4) is 0 Å². The van der Waals surface area contributed by atoms with Crippen molar-refractivity contribution in [3.05, 3.63) is 47.6 Å². The maximum absolute atomic E-state index is 12.5. The van der Waals surface area contributed by atoms with E-state index in [1.165, 1.54) is 18.4 Å². The number of rotatable bonds is 6. The Labute approximate surface area is 156 Å². The number of hydrogen-bond acceptors (Lipinski definition) is 5. The molecule has 1 N–H and O–H groups in total. The summed E-state index contributed by atoms with van der Waals surface area (Å²) in [6.07, 6.45) is 1.65. The van der Waals surface area contributed by atoms with Crippen LogP contribution in [0.4, 0.5) is 0 Å². The van der Waals surface area contributed by atoms with E-state index in [-0.39, 0.29) is 16.7 Å².